The molecule has 0 unspecified atom stereocenters. The van der Waals surface area contributed by atoms with Crippen molar-refractivity contribution in [3.05, 3.63) is 126 Å². The first-order valence-electron chi connectivity index (χ1n) is 12.4. The van der Waals surface area contributed by atoms with E-state index < -0.39 is 28.2 Å². The van der Waals surface area contributed by atoms with Gasteiger partial charge < -0.3 is 4.18 Å². The van der Waals surface area contributed by atoms with E-state index in [-0.39, 0.29) is 29.0 Å². The third-order valence-corrected chi connectivity index (χ3v) is 8.12. The number of benzene rings is 4. The summed E-state index contributed by atoms with van der Waals surface area (Å²) >= 11 is 0. The van der Waals surface area contributed by atoms with Crippen LogP contribution >= 0.6 is 0 Å². The standard InChI is InChI=1S/C30H24N2O6S/c33-29-26-27(22-16-18-24(19-17-22)38-39(35,36)25-14-8-3-9-15-25)32(23-12-6-2-7-13-23)37-28(26)30(34)31(29)20-21-10-4-1-5-11-21/h1-19,26-28H,20H2/t26-,27-,28-/m0/s1. The van der Waals surface area contributed by atoms with E-state index in [4.69, 9.17) is 9.02 Å². The molecule has 6 rings (SSSR count). The molecular weight excluding hydrogens is 516 g/mol. The van der Waals surface area contributed by atoms with Gasteiger partial charge in [-0.2, -0.15) is 8.42 Å². The van der Waals surface area contributed by atoms with E-state index >= 15 is 0 Å². The number of anilines is 1. The molecule has 2 fully saturated rings. The monoisotopic (exact) mass is 540 g/mol. The lowest BCUT2D eigenvalue weighted by Crippen LogP contribution is -2.36. The van der Waals surface area contributed by atoms with Gasteiger partial charge in [0.25, 0.3) is 5.91 Å². The van der Waals surface area contributed by atoms with Crippen LogP contribution in [0.25, 0.3) is 0 Å². The molecule has 3 atom stereocenters. The minimum absolute atomic E-state index is 0.0462. The number of carbonyl (C=O) groups is 2. The molecule has 4 aromatic rings. The van der Waals surface area contributed by atoms with E-state index in [1.165, 1.54) is 29.2 Å². The Bertz CT molecular complexity index is 1600. The Hall–Kier alpha value is -4.47. The number of likely N-dealkylation sites (tertiary alicyclic amines) is 1. The molecule has 0 spiro atoms. The molecule has 0 saturated carbocycles. The number of nitrogens with zero attached hydrogens (tertiary/aromatic N) is 2. The number of hydrogen-bond acceptors (Lipinski definition) is 7. The topological polar surface area (TPSA) is 93.2 Å². The normalized spacial score (nSPS) is 20.8. The SMILES string of the molecule is O=C1[C@@H]2[C@H](ON(c3ccccc3)[C@H]2c2ccc(OS(=O)(=O)c3ccccc3)cc2)C(=O)N1Cc1ccccc1. The van der Waals surface area contributed by atoms with Gasteiger partial charge in [-0.25, -0.2) is 5.06 Å². The van der Waals surface area contributed by atoms with E-state index in [1.54, 1.807) is 35.4 Å². The highest BCUT2D eigenvalue weighted by atomic mass is 32.2. The summed E-state index contributed by atoms with van der Waals surface area (Å²) in [5.41, 5.74) is 2.22. The van der Waals surface area contributed by atoms with Crippen LogP contribution in [0.3, 0.4) is 0 Å². The van der Waals surface area contributed by atoms with Crippen LogP contribution in [0.2, 0.25) is 0 Å². The van der Waals surface area contributed by atoms with E-state index in [0.717, 1.165) is 5.56 Å². The van der Waals surface area contributed by atoms with Crippen LogP contribution in [-0.4, -0.2) is 31.2 Å². The lowest BCUT2D eigenvalue weighted by Gasteiger charge is -2.28. The molecule has 0 radical (unpaired) electrons. The van der Waals surface area contributed by atoms with Crippen molar-refractivity contribution >= 4 is 27.6 Å². The molecule has 2 saturated heterocycles. The number of fused-ring (bicyclic) bond motifs is 1. The molecule has 0 aromatic heterocycles. The van der Waals surface area contributed by atoms with Gasteiger partial charge >= 0.3 is 10.1 Å². The zero-order valence-electron chi connectivity index (χ0n) is 20.7. The largest absolute Gasteiger partial charge is 0.379 e. The molecule has 2 amide bonds. The molecule has 8 nitrogen and oxygen atoms in total. The van der Waals surface area contributed by atoms with Gasteiger partial charge in [-0.3, -0.25) is 19.3 Å². The fraction of sp³-hybridized carbons (Fsp3) is 0.133. The van der Waals surface area contributed by atoms with Crippen LogP contribution in [0.15, 0.2) is 120 Å². The average molecular weight is 541 g/mol. The summed E-state index contributed by atoms with van der Waals surface area (Å²) in [6.45, 7) is 0.164. The van der Waals surface area contributed by atoms with Gasteiger partial charge in [-0.05, 0) is 47.5 Å². The van der Waals surface area contributed by atoms with Gasteiger partial charge in [0.05, 0.1) is 18.3 Å². The highest BCUT2D eigenvalue weighted by Crippen LogP contribution is 2.47. The maximum absolute atomic E-state index is 13.7. The molecule has 2 aliphatic rings. The number of amides is 2. The summed E-state index contributed by atoms with van der Waals surface area (Å²) in [5, 5.41) is 1.60. The third kappa shape index (κ3) is 4.67. The van der Waals surface area contributed by atoms with Crippen molar-refractivity contribution in [1.82, 2.24) is 4.90 Å². The second-order valence-corrected chi connectivity index (χ2v) is 10.9. The third-order valence-electron chi connectivity index (χ3n) is 6.86. The van der Waals surface area contributed by atoms with E-state index in [2.05, 4.69) is 0 Å². The van der Waals surface area contributed by atoms with Crippen molar-refractivity contribution in [2.45, 2.75) is 23.6 Å². The van der Waals surface area contributed by atoms with Gasteiger partial charge in [0.1, 0.15) is 16.6 Å². The maximum Gasteiger partial charge on any atom is 0.339 e. The number of rotatable bonds is 7. The Morgan fingerprint density at radius 1 is 0.718 bits per heavy atom. The molecule has 39 heavy (non-hydrogen) atoms. The first-order valence-corrected chi connectivity index (χ1v) is 13.8. The Kier molecular flexibility index (Phi) is 6.38. The van der Waals surface area contributed by atoms with Gasteiger partial charge in [-0.15, -0.1) is 0 Å². The molecule has 0 bridgehead atoms. The number of carbonyl (C=O) groups excluding carboxylic acids is 2. The van der Waals surface area contributed by atoms with Crippen LogP contribution in [0, 0.1) is 5.92 Å². The van der Waals surface area contributed by atoms with Crippen LogP contribution in [0.5, 0.6) is 5.75 Å². The van der Waals surface area contributed by atoms with Crippen molar-refractivity contribution in [3.63, 3.8) is 0 Å². The van der Waals surface area contributed by atoms with Crippen molar-refractivity contribution in [2.75, 3.05) is 5.06 Å². The first kappa shape index (κ1) is 24.8. The lowest BCUT2D eigenvalue weighted by atomic mass is 9.90. The van der Waals surface area contributed by atoms with Gasteiger partial charge in [0, 0.05) is 0 Å². The van der Waals surface area contributed by atoms with Crippen molar-refractivity contribution in [2.24, 2.45) is 5.92 Å². The van der Waals surface area contributed by atoms with E-state index in [9.17, 15) is 18.0 Å². The van der Waals surface area contributed by atoms with Crippen LogP contribution in [0.4, 0.5) is 5.69 Å². The summed E-state index contributed by atoms with van der Waals surface area (Å²) in [4.78, 5) is 34.5. The minimum atomic E-state index is -4.01. The number of hydroxylamine groups is 1. The van der Waals surface area contributed by atoms with Gasteiger partial charge in [-0.1, -0.05) is 78.9 Å². The smallest absolute Gasteiger partial charge is 0.339 e. The number of imide groups is 1. The summed E-state index contributed by atoms with van der Waals surface area (Å²) in [6, 6.07) is 32.3. The quantitative estimate of drug-likeness (QED) is 0.252. The number of para-hydroxylation sites is 1. The molecule has 2 aliphatic heterocycles. The van der Waals surface area contributed by atoms with Crippen molar-refractivity contribution in [3.8, 4) is 5.75 Å². The zero-order chi connectivity index (χ0) is 27.0. The van der Waals surface area contributed by atoms with Crippen LogP contribution in [-0.2, 0) is 31.1 Å². The molecule has 9 heteroatoms. The van der Waals surface area contributed by atoms with Crippen LogP contribution < -0.4 is 9.25 Å². The Morgan fingerprint density at radius 2 is 1.31 bits per heavy atom. The summed E-state index contributed by atoms with van der Waals surface area (Å²) in [6.07, 6.45) is -0.971. The van der Waals surface area contributed by atoms with Crippen LogP contribution in [0.1, 0.15) is 17.2 Å². The van der Waals surface area contributed by atoms with Crippen molar-refractivity contribution in [1.29, 1.82) is 0 Å². The van der Waals surface area contributed by atoms with E-state index in [1.807, 2.05) is 60.7 Å². The second-order valence-electron chi connectivity index (χ2n) is 9.33. The lowest BCUT2D eigenvalue weighted by molar-refractivity contribution is -0.143. The molecule has 2 heterocycles. The van der Waals surface area contributed by atoms with Gasteiger partial charge in [0.2, 0.25) is 5.91 Å². The average Bonchev–Trinajstić information content (AvgIpc) is 3.47. The van der Waals surface area contributed by atoms with E-state index in [0.29, 0.717) is 11.3 Å². The summed E-state index contributed by atoms with van der Waals surface area (Å²) < 4.78 is 30.6. The van der Waals surface area contributed by atoms with Crippen molar-refractivity contribution < 1.29 is 27.0 Å². The minimum Gasteiger partial charge on any atom is -0.379 e. The Balaban J connectivity index is 1.31. The molecule has 4 aromatic carbocycles. The molecular formula is C30H24N2O6S. The Morgan fingerprint density at radius 3 is 1.95 bits per heavy atom. The predicted octanol–water partition coefficient (Wildman–Crippen LogP) is 4.50. The zero-order valence-corrected chi connectivity index (χ0v) is 21.5. The fourth-order valence-electron chi connectivity index (χ4n) is 5.01. The fourth-order valence-corrected chi connectivity index (χ4v) is 5.96. The predicted molar refractivity (Wildman–Crippen MR) is 143 cm³/mol. The summed E-state index contributed by atoms with van der Waals surface area (Å²) in [7, 11) is -4.01. The molecule has 0 aliphatic carbocycles. The highest BCUT2D eigenvalue weighted by molar-refractivity contribution is 7.87. The summed E-state index contributed by atoms with van der Waals surface area (Å²) in [5.74, 6) is -1.35. The maximum atomic E-state index is 13.7. The molecule has 196 valence electrons. The second kappa shape index (κ2) is 10.0. The first-order chi connectivity index (χ1) is 18.9. The molecule has 0 N–H and O–H groups in total. The number of hydrogen-bond donors (Lipinski definition) is 0. The highest BCUT2D eigenvalue weighted by Gasteiger charge is 2.59. The van der Waals surface area contributed by atoms with Gasteiger partial charge in [0.15, 0.2) is 6.10 Å². The Labute approximate surface area is 226 Å².